The molecule has 0 spiro atoms. The smallest absolute Gasteiger partial charge is 0.291 e. The first-order chi connectivity index (χ1) is 15.7. The number of carbonyl (C=O) groups excluding carboxylic acids is 1. The van der Waals surface area contributed by atoms with Gasteiger partial charge in [-0.15, -0.1) is 0 Å². The van der Waals surface area contributed by atoms with Gasteiger partial charge < -0.3 is 20.2 Å². The number of aromatic amines is 2. The largest absolute Gasteiger partial charge is 0.355 e. The van der Waals surface area contributed by atoms with Crippen molar-refractivity contribution in [1.82, 2.24) is 29.7 Å². The lowest BCUT2D eigenvalue weighted by Gasteiger charge is -2.10. The van der Waals surface area contributed by atoms with Crippen molar-refractivity contribution in [2.24, 2.45) is 7.05 Å². The number of hydrogen-bond donors (Lipinski definition) is 4. The van der Waals surface area contributed by atoms with Crippen LogP contribution < -0.4 is 10.6 Å². The monoisotopic (exact) mass is 424 g/mol. The SMILES string of the molecule is Cn1ccnc1C(=O)Nc1cccc(Nc2ccc3c(/C=C/c4ncc[nH]4)n[nH]c3c2)c1. The van der Waals surface area contributed by atoms with Crippen LogP contribution in [0.15, 0.2) is 67.3 Å². The molecule has 0 radical (unpaired) electrons. The summed E-state index contributed by atoms with van der Waals surface area (Å²) in [5.74, 6) is 0.864. The van der Waals surface area contributed by atoms with Gasteiger partial charge in [0.15, 0.2) is 5.82 Å². The normalized spacial score (nSPS) is 11.3. The molecule has 4 N–H and O–H groups in total. The molecule has 2 aromatic carbocycles. The molecule has 3 aromatic heterocycles. The van der Waals surface area contributed by atoms with E-state index >= 15 is 0 Å². The second-order valence-corrected chi connectivity index (χ2v) is 7.20. The third-order valence-electron chi connectivity index (χ3n) is 4.94. The topological polar surface area (TPSA) is 116 Å². The molecule has 0 aliphatic rings. The van der Waals surface area contributed by atoms with Gasteiger partial charge in [0.1, 0.15) is 5.82 Å². The van der Waals surface area contributed by atoms with Crippen LogP contribution in [0, 0.1) is 0 Å². The first-order valence-corrected chi connectivity index (χ1v) is 9.97. The zero-order valence-corrected chi connectivity index (χ0v) is 17.2. The van der Waals surface area contributed by atoms with Crippen LogP contribution in [0.4, 0.5) is 17.1 Å². The van der Waals surface area contributed by atoms with E-state index in [1.165, 1.54) is 0 Å². The molecule has 1 amide bonds. The van der Waals surface area contributed by atoms with Gasteiger partial charge in [0.05, 0.1) is 11.2 Å². The number of anilines is 3. The Morgan fingerprint density at radius 2 is 1.91 bits per heavy atom. The second kappa shape index (κ2) is 8.23. The molecule has 0 saturated heterocycles. The van der Waals surface area contributed by atoms with Gasteiger partial charge in [-0.2, -0.15) is 5.10 Å². The molecule has 158 valence electrons. The van der Waals surface area contributed by atoms with E-state index in [-0.39, 0.29) is 5.91 Å². The number of nitrogens with zero attached hydrogens (tertiary/aromatic N) is 4. The third kappa shape index (κ3) is 3.99. The van der Waals surface area contributed by atoms with Gasteiger partial charge in [-0.3, -0.25) is 9.89 Å². The number of hydrogen-bond acceptors (Lipinski definition) is 5. The Morgan fingerprint density at radius 3 is 2.72 bits per heavy atom. The van der Waals surface area contributed by atoms with Gasteiger partial charge in [-0.25, -0.2) is 9.97 Å². The van der Waals surface area contributed by atoms with Gasteiger partial charge in [-0.05, 0) is 48.6 Å². The highest BCUT2D eigenvalue weighted by atomic mass is 16.2. The van der Waals surface area contributed by atoms with E-state index in [9.17, 15) is 4.79 Å². The van der Waals surface area contributed by atoms with Crippen molar-refractivity contribution in [2.45, 2.75) is 0 Å². The Morgan fingerprint density at radius 1 is 1.03 bits per heavy atom. The number of aromatic nitrogens is 6. The average Bonchev–Trinajstić information content (AvgIpc) is 3.53. The molecular weight excluding hydrogens is 404 g/mol. The number of aryl methyl sites for hydroxylation is 1. The van der Waals surface area contributed by atoms with Crippen LogP contribution in [0.3, 0.4) is 0 Å². The minimum absolute atomic E-state index is 0.260. The fraction of sp³-hybridized carbons (Fsp3) is 0.0435. The predicted octanol–water partition coefficient (Wildman–Crippen LogP) is 4.19. The molecule has 32 heavy (non-hydrogen) atoms. The van der Waals surface area contributed by atoms with Crippen molar-refractivity contribution in [1.29, 1.82) is 0 Å². The number of carbonyl (C=O) groups is 1. The molecule has 5 rings (SSSR count). The first-order valence-electron chi connectivity index (χ1n) is 9.97. The first kappa shape index (κ1) is 19.3. The van der Waals surface area contributed by atoms with Crippen LogP contribution in [-0.2, 0) is 7.05 Å². The van der Waals surface area contributed by atoms with Crippen LogP contribution in [0.1, 0.15) is 22.1 Å². The number of fused-ring (bicyclic) bond motifs is 1. The van der Waals surface area contributed by atoms with E-state index in [1.807, 2.05) is 54.6 Å². The van der Waals surface area contributed by atoms with Crippen molar-refractivity contribution in [3.63, 3.8) is 0 Å². The van der Waals surface area contributed by atoms with Gasteiger partial charge in [0.2, 0.25) is 0 Å². The number of imidazole rings is 2. The van der Waals surface area contributed by atoms with Gasteiger partial charge >= 0.3 is 0 Å². The zero-order chi connectivity index (χ0) is 21.9. The van der Waals surface area contributed by atoms with Gasteiger partial charge in [0.25, 0.3) is 5.91 Å². The van der Waals surface area contributed by atoms with E-state index in [2.05, 4.69) is 35.8 Å². The molecule has 9 heteroatoms. The number of H-pyrrole nitrogens is 2. The van der Waals surface area contributed by atoms with Crippen molar-refractivity contribution >= 4 is 46.0 Å². The summed E-state index contributed by atoms with van der Waals surface area (Å²) in [5.41, 5.74) is 4.17. The standard InChI is InChI=1S/C23H20N8O/c1-31-12-11-26-22(31)23(32)28-16-4-2-3-15(13-16)27-17-5-6-18-19(29-30-20(18)14-17)7-8-21-24-9-10-25-21/h2-14,27H,1H3,(H,24,25)(H,28,32)(H,29,30)/b8-7+. The summed E-state index contributed by atoms with van der Waals surface area (Å²) in [6.07, 6.45) is 10.6. The van der Waals surface area contributed by atoms with E-state index in [0.717, 1.165) is 33.8 Å². The highest BCUT2D eigenvalue weighted by Gasteiger charge is 2.11. The number of rotatable bonds is 6. The molecule has 3 heterocycles. The second-order valence-electron chi connectivity index (χ2n) is 7.20. The Bertz CT molecular complexity index is 1410. The van der Waals surface area contributed by atoms with Crippen LogP contribution in [0.2, 0.25) is 0 Å². The van der Waals surface area contributed by atoms with E-state index < -0.39 is 0 Å². The van der Waals surface area contributed by atoms with Gasteiger partial charge in [-0.1, -0.05) is 6.07 Å². The number of nitrogens with one attached hydrogen (secondary N) is 4. The third-order valence-corrected chi connectivity index (χ3v) is 4.94. The summed E-state index contributed by atoms with van der Waals surface area (Å²) >= 11 is 0. The van der Waals surface area contributed by atoms with E-state index in [0.29, 0.717) is 11.5 Å². The summed E-state index contributed by atoms with van der Waals surface area (Å²) in [6, 6.07) is 13.5. The molecule has 0 atom stereocenters. The van der Waals surface area contributed by atoms with Crippen molar-refractivity contribution in [2.75, 3.05) is 10.6 Å². The molecule has 0 aliphatic carbocycles. The molecule has 0 aliphatic heterocycles. The average molecular weight is 424 g/mol. The summed E-state index contributed by atoms with van der Waals surface area (Å²) in [5, 5.41) is 14.7. The van der Waals surface area contributed by atoms with Crippen LogP contribution in [0.5, 0.6) is 0 Å². The predicted molar refractivity (Wildman–Crippen MR) is 124 cm³/mol. The van der Waals surface area contributed by atoms with Crippen LogP contribution in [-0.4, -0.2) is 35.6 Å². The lowest BCUT2D eigenvalue weighted by Crippen LogP contribution is -2.16. The van der Waals surface area contributed by atoms with Crippen LogP contribution in [0.25, 0.3) is 23.1 Å². The minimum Gasteiger partial charge on any atom is -0.355 e. The highest BCUT2D eigenvalue weighted by molar-refractivity contribution is 6.02. The Labute approximate surface area is 183 Å². The number of benzene rings is 2. The Hall–Kier alpha value is -4.66. The Kier molecular flexibility index (Phi) is 4.97. The van der Waals surface area contributed by atoms with Crippen molar-refractivity contribution in [3.05, 3.63) is 84.6 Å². The molecule has 5 aromatic rings. The summed E-state index contributed by atoms with van der Waals surface area (Å²) < 4.78 is 1.68. The molecule has 0 saturated carbocycles. The van der Waals surface area contributed by atoms with Gasteiger partial charge in [0, 0.05) is 54.3 Å². The molecule has 0 unspecified atom stereocenters. The summed E-state index contributed by atoms with van der Waals surface area (Å²) in [7, 11) is 1.78. The molecule has 9 nitrogen and oxygen atoms in total. The minimum atomic E-state index is -0.260. The molecule has 0 bridgehead atoms. The maximum Gasteiger partial charge on any atom is 0.291 e. The highest BCUT2D eigenvalue weighted by Crippen LogP contribution is 2.25. The lowest BCUT2D eigenvalue weighted by molar-refractivity contribution is 0.101. The van der Waals surface area contributed by atoms with Crippen molar-refractivity contribution in [3.8, 4) is 0 Å². The maximum absolute atomic E-state index is 12.4. The summed E-state index contributed by atoms with van der Waals surface area (Å²) in [4.78, 5) is 23.7. The van der Waals surface area contributed by atoms with Crippen molar-refractivity contribution < 1.29 is 4.79 Å². The fourth-order valence-electron chi connectivity index (χ4n) is 3.38. The maximum atomic E-state index is 12.4. The fourth-order valence-corrected chi connectivity index (χ4v) is 3.38. The zero-order valence-electron chi connectivity index (χ0n) is 17.2. The molecule has 0 fully saturated rings. The van der Waals surface area contributed by atoms with Crippen LogP contribution >= 0.6 is 0 Å². The lowest BCUT2D eigenvalue weighted by atomic mass is 10.1. The quantitative estimate of drug-likeness (QED) is 0.326. The van der Waals surface area contributed by atoms with E-state index in [1.54, 1.807) is 36.4 Å². The number of amides is 1. The van der Waals surface area contributed by atoms with E-state index in [4.69, 9.17) is 0 Å². The summed E-state index contributed by atoms with van der Waals surface area (Å²) in [6.45, 7) is 0. The molecular formula is C23H20N8O. The Balaban J connectivity index is 1.32.